The first kappa shape index (κ1) is 24.0. The van der Waals surface area contributed by atoms with E-state index < -0.39 is 12.8 Å². The van der Waals surface area contributed by atoms with Crippen LogP contribution in [0.3, 0.4) is 0 Å². The summed E-state index contributed by atoms with van der Waals surface area (Å²) in [7, 11) is -3.06. The third-order valence-corrected chi connectivity index (χ3v) is 9.69. The van der Waals surface area contributed by atoms with Crippen LogP contribution in [0.2, 0.25) is 0 Å². The number of carbonyl (C=O) groups is 1. The van der Waals surface area contributed by atoms with Crippen LogP contribution in [0, 0.1) is 17.8 Å². The summed E-state index contributed by atoms with van der Waals surface area (Å²) in [5, 5.41) is -1.15. The average Bonchev–Trinajstić information content (AvgIpc) is 2.83. The molecule has 0 radical (unpaired) electrons. The van der Waals surface area contributed by atoms with Crippen molar-refractivity contribution >= 4 is 13.7 Å². The molecule has 6 nitrogen and oxygen atoms in total. The maximum atomic E-state index is 13.3. The van der Waals surface area contributed by atoms with Crippen molar-refractivity contribution in [1.82, 2.24) is 4.90 Å². The molecule has 2 aliphatic rings. The minimum atomic E-state index is -4.47. The van der Waals surface area contributed by atoms with Crippen LogP contribution in [0.15, 0.2) is 60.7 Å². The van der Waals surface area contributed by atoms with Gasteiger partial charge in [0.05, 0.1) is 12.3 Å². The van der Waals surface area contributed by atoms with Crippen molar-refractivity contribution in [2.45, 2.75) is 43.7 Å². The standard InChI is InChI=1S/C26H34NO5P/c1-32-25(28)27-15-14-22-16-24(13-12-23(22)19-27)26(33(29,30)31,17-20-8-4-2-5-9-20)18-21-10-6-3-7-11-21/h2-11,22-24H,12-19H2,1H3,(H2,29,30,31). The van der Waals surface area contributed by atoms with Gasteiger partial charge in [-0.2, -0.15) is 0 Å². The van der Waals surface area contributed by atoms with Crippen LogP contribution < -0.4 is 0 Å². The second-order valence-corrected chi connectivity index (χ2v) is 11.7. The lowest BCUT2D eigenvalue weighted by molar-refractivity contribution is 0.0439. The van der Waals surface area contributed by atoms with Crippen LogP contribution in [-0.2, 0) is 22.1 Å². The average molecular weight is 472 g/mol. The molecule has 1 saturated heterocycles. The molecule has 1 amide bonds. The molecule has 0 aromatic heterocycles. The zero-order chi connectivity index (χ0) is 23.5. The second-order valence-electron chi connectivity index (χ2n) is 9.71. The molecule has 0 bridgehead atoms. The van der Waals surface area contributed by atoms with Gasteiger partial charge in [0.15, 0.2) is 0 Å². The highest BCUT2D eigenvalue weighted by Crippen LogP contribution is 2.61. The fraction of sp³-hybridized carbons (Fsp3) is 0.500. The van der Waals surface area contributed by atoms with E-state index in [1.165, 1.54) is 7.11 Å². The number of hydrogen-bond donors (Lipinski definition) is 2. The van der Waals surface area contributed by atoms with E-state index in [1.807, 2.05) is 60.7 Å². The summed E-state index contributed by atoms with van der Waals surface area (Å²) in [6.07, 6.45) is 3.67. The molecule has 178 valence electrons. The molecule has 2 aromatic carbocycles. The van der Waals surface area contributed by atoms with Gasteiger partial charge in [0.25, 0.3) is 0 Å². The van der Waals surface area contributed by atoms with Crippen LogP contribution in [0.4, 0.5) is 4.79 Å². The minimum absolute atomic E-state index is 0.0929. The third kappa shape index (κ3) is 5.18. The number of amides is 1. The molecule has 33 heavy (non-hydrogen) atoms. The van der Waals surface area contributed by atoms with Crippen molar-refractivity contribution in [2.75, 3.05) is 20.2 Å². The quantitative estimate of drug-likeness (QED) is 0.586. The normalized spacial score (nSPS) is 23.6. The molecule has 1 aliphatic heterocycles. The molecule has 4 rings (SSSR count). The highest BCUT2D eigenvalue weighted by molar-refractivity contribution is 7.53. The number of likely N-dealkylation sites (tertiary alicyclic amines) is 1. The fourth-order valence-corrected chi connectivity index (χ4v) is 7.58. The summed E-state index contributed by atoms with van der Waals surface area (Å²) in [6, 6.07) is 19.5. The molecule has 3 atom stereocenters. The molecule has 2 N–H and O–H groups in total. The van der Waals surface area contributed by atoms with E-state index in [0.717, 1.165) is 36.8 Å². The lowest BCUT2D eigenvalue weighted by Gasteiger charge is -2.49. The van der Waals surface area contributed by atoms with Crippen molar-refractivity contribution in [3.8, 4) is 0 Å². The van der Waals surface area contributed by atoms with E-state index in [0.29, 0.717) is 37.8 Å². The molecule has 1 heterocycles. The second kappa shape index (κ2) is 10.0. The lowest BCUT2D eigenvalue weighted by Crippen LogP contribution is -2.50. The van der Waals surface area contributed by atoms with Crippen LogP contribution >= 0.6 is 7.60 Å². The van der Waals surface area contributed by atoms with Gasteiger partial charge in [0, 0.05) is 13.1 Å². The topological polar surface area (TPSA) is 87.1 Å². The SMILES string of the molecule is COC(=O)N1CCC2CC(C(Cc3ccccc3)(Cc3ccccc3)P(=O)(O)O)CCC2C1. The van der Waals surface area contributed by atoms with Gasteiger partial charge in [-0.3, -0.25) is 4.57 Å². The number of benzene rings is 2. The number of ether oxygens (including phenoxy) is 1. The first-order valence-electron chi connectivity index (χ1n) is 11.8. The number of methoxy groups -OCH3 is 1. The van der Waals surface area contributed by atoms with Gasteiger partial charge in [0.1, 0.15) is 0 Å². The summed E-state index contributed by atoms with van der Waals surface area (Å²) in [6.45, 7) is 1.31. The van der Waals surface area contributed by atoms with Crippen molar-refractivity contribution in [1.29, 1.82) is 0 Å². The predicted molar refractivity (Wildman–Crippen MR) is 128 cm³/mol. The summed E-state index contributed by atoms with van der Waals surface area (Å²) in [4.78, 5) is 35.5. The first-order valence-corrected chi connectivity index (χ1v) is 13.4. The van der Waals surface area contributed by atoms with E-state index in [9.17, 15) is 19.1 Å². The zero-order valence-corrected chi connectivity index (χ0v) is 20.1. The van der Waals surface area contributed by atoms with E-state index >= 15 is 0 Å². The Hall–Kier alpha value is -2.14. The Balaban J connectivity index is 1.65. The minimum Gasteiger partial charge on any atom is -0.453 e. The van der Waals surface area contributed by atoms with Gasteiger partial charge >= 0.3 is 13.7 Å². The number of hydrogen-bond acceptors (Lipinski definition) is 3. The summed E-state index contributed by atoms with van der Waals surface area (Å²) in [5.41, 5.74) is 1.92. The van der Waals surface area contributed by atoms with Gasteiger partial charge in [0.2, 0.25) is 0 Å². The third-order valence-electron chi connectivity index (χ3n) is 7.84. The maximum absolute atomic E-state index is 13.3. The predicted octanol–water partition coefficient (Wildman–Crippen LogP) is 4.89. The zero-order valence-electron chi connectivity index (χ0n) is 19.2. The molecule has 2 fully saturated rings. The van der Waals surface area contributed by atoms with E-state index in [4.69, 9.17) is 4.74 Å². The monoisotopic (exact) mass is 471 g/mol. The Morgan fingerprint density at radius 2 is 1.55 bits per heavy atom. The van der Waals surface area contributed by atoms with Crippen LogP contribution in [0.5, 0.6) is 0 Å². The maximum Gasteiger partial charge on any atom is 0.409 e. The number of nitrogens with zero attached hydrogens (tertiary/aromatic N) is 1. The van der Waals surface area contributed by atoms with Crippen LogP contribution in [-0.4, -0.2) is 46.1 Å². The van der Waals surface area contributed by atoms with Gasteiger partial charge < -0.3 is 19.4 Å². The van der Waals surface area contributed by atoms with Gasteiger partial charge in [-0.15, -0.1) is 0 Å². The molecular formula is C26H34NO5P. The number of rotatable bonds is 6. The van der Waals surface area contributed by atoms with Crippen LogP contribution in [0.1, 0.15) is 36.8 Å². The van der Waals surface area contributed by atoms with Crippen molar-refractivity contribution in [3.63, 3.8) is 0 Å². The smallest absolute Gasteiger partial charge is 0.409 e. The molecule has 0 spiro atoms. The van der Waals surface area contributed by atoms with E-state index in [1.54, 1.807) is 4.90 Å². The van der Waals surface area contributed by atoms with Gasteiger partial charge in [-0.05, 0) is 67.4 Å². The number of piperidine rings is 1. The van der Waals surface area contributed by atoms with Crippen molar-refractivity contribution in [3.05, 3.63) is 71.8 Å². The molecule has 3 unspecified atom stereocenters. The Morgan fingerprint density at radius 1 is 0.970 bits per heavy atom. The van der Waals surface area contributed by atoms with Crippen LogP contribution in [0.25, 0.3) is 0 Å². The van der Waals surface area contributed by atoms with E-state index in [-0.39, 0.29) is 12.0 Å². The number of carbonyl (C=O) groups excluding carboxylic acids is 1. The summed E-state index contributed by atoms with van der Waals surface area (Å²) in [5.74, 6) is 0.629. The Kier molecular flexibility index (Phi) is 7.28. The molecule has 1 aliphatic carbocycles. The largest absolute Gasteiger partial charge is 0.453 e. The highest BCUT2D eigenvalue weighted by Gasteiger charge is 2.54. The summed E-state index contributed by atoms with van der Waals surface area (Å²) >= 11 is 0. The number of fused-ring (bicyclic) bond motifs is 1. The Bertz CT molecular complexity index is 935. The van der Waals surface area contributed by atoms with Gasteiger partial charge in [-0.1, -0.05) is 60.7 Å². The molecule has 1 saturated carbocycles. The van der Waals surface area contributed by atoms with Gasteiger partial charge in [-0.25, -0.2) is 4.79 Å². The van der Waals surface area contributed by atoms with E-state index in [2.05, 4.69) is 0 Å². The Labute approximate surface area is 196 Å². The fourth-order valence-electron chi connectivity index (χ4n) is 6.09. The lowest BCUT2D eigenvalue weighted by atomic mass is 9.65. The molecule has 2 aromatic rings. The summed E-state index contributed by atoms with van der Waals surface area (Å²) < 4.78 is 18.2. The molecular weight excluding hydrogens is 437 g/mol. The van der Waals surface area contributed by atoms with Crippen molar-refractivity contribution in [2.24, 2.45) is 17.8 Å². The highest BCUT2D eigenvalue weighted by atomic mass is 31.2. The Morgan fingerprint density at radius 3 is 2.06 bits per heavy atom. The first-order chi connectivity index (χ1) is 15.8. The molecule has 7 heteroatoms. The van der Waals surface area contributed by atoms with Crippen molar-refractivity contribution < 1.29 is 23.9 Å².